The van der Waals surface area contributed by atoms with Crippen molar-refractivity contribution in [1.82, 2.24) is 4.90 Å². The highest BCUT2D eigenvalue weighted by molar-refractivity contribution is 5.39. The second kappa shape index (κ2) is 8.44. The van der Waals surface area contributed by atoms with E-state index >= 15 is 0 Å². The first-order valence-electron chi connectivity index (χ1n) is 7.75. The average Bonchev–Trinajstić information content (AvgIpc) is 2.53. The van der Waals surface area contributed by atoms with Crippen molar-refractivity contribution in [3.63, 3.8) is 0 Å². The van der Waals surface area contributed by atoms with Gasteiger partial charge in [-0.05, 0) is 38.7 Å². The summed E-state index contributed by atoms with van der Waals surface area (Å²) < 4.78 is 11.7. The van der Waals surface area contributed by atoms with Crippen molar-refractivity contribution in [3.05, 3.63) is 60.2 Å². The molecular formula is C19H25NO2. The standard InChI is InChI=1S/C19H25NO2/c1-4-21-18-12-8-9-13-19(18)22-15-17(14-20(2)3)16-10-6-5-7-11-16/h5-13,17H,4,14-15H2,1-3H3. The zero-order valence-corrected chi connectivity index (χ0v) is 13.7. The third kappa shape index (κ3) is 4.78. The maximum absolute atomic E-state index is 6.06. The Bertz CT molecular complexity index is 554. The van der Waals surface area contributed by atoms with E-state index in [1.807, 2.05) is 37.3 Å². The van der Waals surface area contributed by atoms with Gasteiger partial charge in [0.05, 0.1) is 13.2 Å². The molecule has 2 aromatic rings. The van der Waals surface area contributed by atoms with Gasteiger partial charge in [-0.2, -0.15) is 0 Å². The Morgan fingerprint density at radius 3 is 2.05 bits per heavy atom. The largest absolute Gasteiger partial charge is 0.490 e. The summed E-state index contributed by atoms with van der Waals surface area (Å²) in [6, 6.07) is 18.4. The van der Waals surface area contributed by atoms with Crippen molar-refractivity contribution in [3.8, 4) is 11.5 Å². The number of hydrogen-bond acceptors (Lipinski definition) is 3. The lowest BCUT2D eigenvalue weighted by molar-refractivity contribution is 0.237. The Morgan fingerprint density at radius 2 is 1.45 bits per heavy atom. The van der Waals surface area contributed by atoms with Gasteiger partial charge in [0.25, 0.3) is 0 Å². The molecular weight excluding hydrogens is 274 g/mol. The monoisotopic (exact) mass is 299 g/mol. The van der Waals surface area contributed by atoms with E-state index in [0.717, 1.165) is 18.0 Å². The molecule has 0 heterocycles. The van der Waals surface area contributed by atoms with Crippen LogP contribution in [0.5, 0.6) is 11.5 Å². The quantitative estimate of drug-likeness (QED) is 0.740. The fourth-order valence-electron chi connectivity index (χ4n) is 2.45. The summed E-state index contributed by atoms with van der Waals surface area (Å²) in [7, 11) is 4.17. The van der Waals surface area contributed by atoms with Gasteiger partial charge in [-0.3, -0.25) is 0 Å². The molecule has 3 heteroatoms. The lowest BCUT2D eigenvalue weighted by Gasteiger charge is -2.22. The SMILES string of the molecule is CCOc1ccccc1OCC(CN(C)C)c1ccccc1. The minimum absolute atomic E-state index is 0.325. The van der Waals surface area contributed by atoms with Crippen LogP contribution in [-0.2, 0) is 0 Å². The van der Waals surface area contributed by atoms with Crippen LogP contribution in [0.1, 0.15) is 18.4 Å². The highest BCUT2D eigenvalue weighted by Crippen LogP contribution is 2.28. The lowest BCUT2D eigenvalue weighted by atomic mass is 10.00. The van der Waals surface area contributed by atoms with Crippen LogP contribution in [0.15, 0.2) is 54.6 Å². The number of benzene rings is 2. The summed E-state index contributed by atoms with van der Waals surface area (Å²) in [6.45, 7) is 4.20. The van der Waals surface area contributed by atoms with Gasteiger partial charge in [0.1, 0.15) is 0 Å². The van der Waals surface area contributed by atoms with Gasteiger partial charge in [-0.15, -0.1) is 0 Å². The summed E-state index contributed by atoms with van der Waals surface area (Å²) in [4.78, 5) is 2.19. The normalized spacial score (nSPS) is 12.2. The van der Waals surface area contributed by atoms with Crippen LogP contribution in [0.25, 0.3) is 0 Å². The number of likely N-dealkylation sites (N-methyl/N-ethyl adjacent to an activating group) is 1. The van der Waals surface area contributed by atoms with Crippen LogP contribution in [0.2, 0.25) is 0 Å². The molecule has 1 atom stereocenters. The van der Waals surface area contributed by atoms with Gasteiger partial charge in [0.15, 0.2) is 11.5 Å². The van der Waals surface area contributed by atoms with Crippen LogP contribution in [-0.4, -0.2) is 38.8 Å². The molecule has 3 nitrogen and oxygen atoms in total. The van der Waals surface area contributed by atoms with Crippen molar-refractivity contribution in [2.24, 2.45) is 0 Å². The molecule has 1 unspecified atom stereocenters. The third-order valence-electron chi connectivity index (χ3n) is 3.45. The molecule has 2 rings (SSSR count). The Morgan fingerprint density at radius 1 is 0.864 bits per heavy atom. The first-order valence-corrected chi connectivity index (χ1v) is 7.75. The average molecular weight is 299 g/mol. The van der Waals surface area contributed by atoms with E-state index in [1.165, 1.54) is 5.56 Å². The molecule has 0 N–H and O–H groups in total. The van der Waals surface area contributed by atoms with Crippen molar-refractivity contribution < 1.29 is 9.47 Å². The van der Waals surface area contributed by atoms with Gasteiger partial charge >= 0.3 is 0 Å². The summed E-state index contributed by atoms with van der Waals surface area (Å²) >= 11 is 0. The van der Waals surface area contributed by atoms with Crippen molar-refractivity contribution in [1.29, 1.82) is 0 Å². The first kappa shape index (κ1) is 16.4. The van der Waals surface area contributed by atoms with Crippen molar-refractivity contribution in [2.45, 2.75) is 12.8 Å². The van der Waals surface area contributed by atoms with Crippen molar-refractivity contribution >= 4 is 0 Å². The van der Waals surface area contributed by atoms with E-state index in [-0.39, 0.29) is 0 Å². The highest BCUT2D eigenvalue weighted by atomic mass is 16.5. The molecule has 0 bridgehead atoms. The Hall–Kier alpha value is -2.00. The molecule has 0 aliphatic heterocycles. The predicted octanol–water partition coefficient (Wildman–Crippen LogP) is 3.81. The van der Waals surface area contributed by atoms with Gasteiger partial charge in [0, 0.05) is 12.5 Å². The summed E-state index contributed by atoms with van der Waals surface area (Å²) in [6.07, 6.45) is 0. The Kier molecular flexibility index (Phi) is 6.28. The molecule has 0 aliphatic rings. The Balaban J connectivity index is 2.08. The van der Waals surface area contributed by atoms with Crippen LogP contribution < -0.4 is 9.47 Å². The molecule has 0 aliphatic carbocycles. The van der Waals surface area contributed by atoms with Gasteiger partial charge in [-0.25, -0.2) is 0 Å². The minimum atomic E-state index is 0.325. The number of rotatable bonds is 8. The predicted molar refractivity (Wildman–Crippen MR) is 90.8 cm³/mol. The number of hydrogen-bond donors (Lipinski definition) is 0. The van der Waals surface area contributed by atoms with E-state index in [9.17, 15) is 0 Å². The fourth-order valence-corrected chi connectivity index (χ4v) is 2.45. The second-order valence-corrected chi connectivity index (χ2v) is 5.56. The van der Waals surface area contributed by atoms with Crippen LogP contribution >= 0.6 is 0 Å². The van der Waals surface area contributed by atoms with Gasteiger partial charge < -0.3 is 14.4 Å². The van der Waals surface area contributed by atoms with E-state index in [0.29, 0.717) is 19.1 Å². The van der Waals surface area contributed by atoms with Crippen LogP contribution in [0.3, 0.4) is 0 Å². The fraction of sp³-hybridized carbons (Fsp3) is 0.368. The molecule has 0 saturated heterocycles. The van der Waals surface area contributed by atoms with Crippen LogP contribution in [0.4, 0.5) is 0 Å². The molecule has 0 saturated carbocycles. The minimum Gasteiger partial charge on any atom is -0.490 e. The molecule has 0 radical (unpaired) electrons. The van der Waals surface area contributed by atoms with E-state index in [4.69, 9.17) is 9.47 Å². The molecule has 0 spiro atoms. The van der Waals surface area contributed by atoms with E-state index in [1.54, 1.807) is 0 Å². The molecule has 2 aromatic carbocycles. The van der Waals surface area contributed by atoms with Crippen molar-refractivity contribution in [2.75, 3.05) is 33.9 Å². The number of para-hydroxylation sites is 2. The first-order chi connectivity index (χ1) is 10.7. The molecule has 0 amide bonds. The molecule has 0 fully saturated rings. The van der Waals surface area contributed by atoms with Gasteiger partial charge in [0.2, 0.25) is 0 Å². The second-order valence-electron chi connectivity index (χ2n) is 5.56. The molecule has 0 aromatic heterocycles. The number of nitrogens with zero attached hydrogens (tertiary/aromatic N) is 1. The van der Waals surface area contributed by atoms with E-state index < -0.39 is 0 Å². The Labute approximate surface area is 133 Å². The number of ether oxygens (including phenoxy) is 2. The van der Waals surface area contributed by atoms with E-state index in [2.05, 4.69) is 43.3 Å². The zero-order chi connectivity index (χ0) is 15.8. The smallest absolute Gasteiger partial charge is 0.161 e. The maximum atomic E-state index is 6.06. The lowest BCUT2D eigenvalue weighted by Crippen LogP contribution is -2.24. The van der Waals surface area contributed by atoms with Gasteiger partial charge in [-0.1, -0.05) is 42.5 Å². The third-order valence-corrected chi connectivity index (χ3v) is 3.45. The topological polar surface area (TPSA) is 21.7 Å². The summed E-state index contributed by atoms with van der Waals surface area (Å²) in [5.41, 5.74) is 1.30. The van der Waals surface area contributed by atoms with Crippen LogP contribution in [0, 0.1) is 0 Å². The maximum Gasteiger partial charge on any atom is 0.161 e. The highest BCUT2D eigenvalue weighted by Gasteiger charge is 2.14. The molecule has 118 valence electrons. The molecule has 22 heavy (non-hydrogen) atoms. The summed E-state index contributed by atoms with van der Waals surface area (Å²) in [5.74, 6) is 1.94. The zero-order valence-electron chi connectivity index (χ0n) is 13.7. The summed E-state index contributed by atoms with van der Waals surface area (Å²) in [5, 5.41) is 0.